The van der Waals surface area contributed by atoms with E-state index in [0.717, 1.165) is 10.6 Å². The first-order valence-corrected chi connectivity index (χ1v) is 6.85. The zero-order chi connectivity index (χ0) is 13.0. The monoisotopic (exact) mass is 262 g/mol. The fourth-order valence-electron chi connectivity index (χ4n) is 1.59. The van der Waals surface area contributed by atoms with Gasteiger partial charge in [0.1, 0.15) is 0 Å². The molecule has 0 N–H and O–H groups in total. The van der Waals surface area contributed by atoms with Gasteiger partial charge in [-0.05, 0) is 31.4 Å². The van der Waals surface area contributed by atoms with Crippen LogP contribution in [0.25, 0.3) is 5.69 Å². The standard InChI is InChI=1S/C13H14N2O2S/c1-3-17-13(16)10-8-9-15(14-10)11-6-4-5-7-12(11)18-2/h4-9H,3H2,1-2H3. The number of hydrogen-bond donors (Lipinski definition) is 0. The summed E-state index contributed by atoms with van der Waals surface area (Å²) in [5.74, 6) is -0.391. The molecule has 0 aliphatic rings. The lowest BCUT2D eigenvalue weighted by Crippen LogP contribution is -2.06. The third kappa shape index (κ3) is 2.56. The van der Waals surface area contributed by atoms with Gasteiger partial charge in [0.2, 0.25) is 0 Å². The predicted octanol–water partition coefficient (Wildman–Crippen LogP) is 2.77. The molecule has 0 amide bonds. The fourth-order valence-corrected chi connectivity index (χ4v) is 2.18. The highest BCUT2D eigenvalue weighted by molar-refractivity contribution is 7.98. The third-order valence-corrected chi connectivity index (χ3v) is 3.19. The summed E-state index contributed by atoms with van der Waals surface area (Å²) in [6.07, 6.45) is 3.77. The van der Waals surface area contributed by atoms with Crippen molar-refractivity contribution in [1.82, 2.24) is 9.78 Å². The molecule has 1 aromatic heterocycles. The summed E-state index contributed by atoms with van der Waals surface area (Å²) in [4.78, 5) is 12.6. The molecule has 0 aliphatic carbocycles. The second-order valence-corrected chi connectivity index (χ2v) is 4.39. The molecule has 0 bridgehead atoms. The van der Waals surface area contributed by atoms with Gasteiger partial charge >= 0.3 is 5.97 Å². The molecule has 4 nitrogen and oxygen atoms in total. The number of esters is 1. The van der Waals surface area contributed by atoms with Gasteiger partial charge in [-0.3, -0.25) is 0 Å². The van der Waals surface area contributed by atoms with Crippen LogP contribution in [0.3, 0.4) is 0 Å². The number of hydrogen-bond acceptors (Lipinski definition) is 4. The van der Waals surface area contributed by atoms with E-state index in [0.29, 0.717) is 12.3 Å². The molecule has 0 unspecified atom stereocenters. The molecule has 2 aromatic rings. The highest BCUT2D eigenvalue weighted by Gasteiger charge is 2.12. The van der Waals surface area contributed by atoms with E-state index in [-0.39, 0.29) is 0 Å². The van der Waals surface area contributed by atoms with E-state index in [1.54, 1.807) is 35.6 Å². The normalized spacial score (nSPS) is 10.3. The molecule has 0 fully saturated rings. The highest BCUT2D eigenvalue weighted by atomic mass is 32.2. The Morgan fingerprint density at radius 2 is 2.17 bits per heavy atom. The van der Waals surface area contributed by atoms with Crippen molar-refractivity contribution >= 4 is 17.7 Å². The summed E-state index contributed by atoms with van der Waals surface area (Å²) < 4.78 is 6.61. The molecule has 94 valence electrons. The number of carbonyl (C=O) groups is 1. The number of aromatic nitrogens is 2. The Labute approximate surface area is 110 Å². The minimum absolute atomic E-state index is 0.327. The van der Waals surface area contributed by atoms with Gasteiger partial charge in [-0.25, -0.2) is 9.48 Å². The molecule has 0 spiro atoms. The Kier molecular flexibility index (Phi) is 4.04. The lowest BCUT2D eigenvalue weighted by molar-refractivity contribution is 0.0519. The van der Waals surface area contributed by atoms with E-state index >= 15 is 0 Å². The fraction of sp³-hybridized carbons (Fsp3) is 0.231. The predicted molar refractivity (Wildman–Crippen MR) is 71.3 cm³/mol. The Bertz CT molecular complexity index is 551. The molecule has 0 saturated carbocycles. The SMILES string of the molecule is CCOC(=O)c1ccn(-c2ccccc2SC)n1. The van der Waals surface area contributed by atoms with Crippen LogP contribution < -0.4 is 0 Å². The first kappa shape index (κ1) is 12.7. The van der Waals surface area contributed by atoms with Crippen molar-refractivity contribution in [3.05, 3.63) is 42.2 Å². The lowest BCUT2D eigenvalue weighted by atomic mass is 10.3. The zero-order valence-electron chi connectivity index (χ0n) is 10.3. The van der Waals surface area contributed by atoms with Gasteiger partial charge in [-0.15, -0.1) is 11.8 Å². The van der Waals surface area contributed by atoms with Crippen molar-refractivity contribution in [2.45, 2.75) is 11.8 Å². The number of ether oxygens (including phenoxy) is 1. The van der Waals surface area contributed by atoms with E-state index in [1.807, 2.05) is 30.5 Å². The minimum Gasteiger partial charge on any atom is -0.461 e. The van der Waals surface area contributed by atoms with E-state index in [9.17, 15) is 4.79 Å². The van der Waals surface area contributed by atoms with Crippen LogP contribution in [-0.4, -0.2) is 28.6 Å². The average Bonchev–Trinajstić information content (AvgIpc) is 2.88. The highest BCUT2D eigenvalue weighted by Crippen LogP contribution is 2.23. The Morgan fingerprint density at radius 1 is 1.39 bits per heavy atom. The van der Waals surface area contributed by atoms with Crippen LogP contribution in [0, 0.1) is 0 Å². The minimum atomic E-state index is -0.391. The molecule has 5 heteroatoms. The van der Waals surface area contributed by atoms with Crippen LogP contribution in [0.5, 0.6) is 0 Å². The number of carbonyl (C=O) groups excluding carboxylic acids is 1. The largest absolute Gasteiger partial charge is 0.461 e. The average molecular weight is 262 g/mol. The molecule has 0 saturated heterocycles. The smallest absolute Gasteiger partial charge is 0.358 e. The topological polar surface area (TPSA) is 44.1 Å². The van der Waals surface area contributed by atoms with Crippen molar-refractivity contribution in [3.8, 4) is 5.69 Å². The van der Waals surface area contributed by atoms with Crippen molar-refractivity contribution in [2.24, 2.45) is 0 Å². The van der Waals surface area contributed by atoms with Crippen LogP contribution in [-0.2, 0) is 4.74 Å². The summed E-state index contributed by atoms with van der Waals surface area (Å²) >= 11 is 1.64. The van der Waals surface area contributed by atoms with E-state index < -0.39 is 5.97 Å². The molecule has 18 heavy (non-hydrogen) atoms. The number of thioether (sulfide) groups is 1. The van der Waals surface area contributed by atoms with Gasteiger partial charge in [0.25, 0.3) is 0 Å². The molecule has 0 radical (unpaired) electrons. The molecule has 2 rings (SSSR count). The van der Waals surface area contributed by atoms with Crippen LogP contribution in [0.1, 0.15) is 17.4 Å². The summed E-state index contributed by atoms with van der Waals surface area (Å²) in [7, 11) is 0. The first-order chi connectivity index (χ1) is 8.76. The summed E-state index contributed by atoms with van der Waals surface area (Å²) in [6.45, 7) is 2.13. The summed E-state index contributed by atoms with van der Waals surface area (Å²) in [5.41, 5.74) is 1.29. The summed E-state index contributed by atoms with van der Waals surface area (Å²) in [5, 5.41) is 4.24. The Morgan fingerprint density at radius 3 is 2.89 bits per heavy atom. The summed E-state index contributed by atoms with van der Waals surface area (Å²) in [6, 6.07) is 9.57. The van der Waals surface area contributed by atoms with Gasteiger partial charge in [-0.1, -0.05) is 12.1 Å². The number of rotatable bonds is 4. The second-order valence-electron chi connectivity index (χ2n) is 3.54. The van der Waals surface area contributed by atoms with Crippen molar-refractivity contribution in [2.75, 3.05) is 12.9 Å². The second kappa shape index (κ2) is 5.73. The maximum absolute atomic E-state index is 11.5. The quantitative estimate of drug-likeness (QED) is 0.628. The Hall–Kier alpha value is -1.75. The maximum Gasteiger partial charge on any atom is 0.358 e. The van der Waals surface area contributed by atoms with Gasteiger partial charge in [0, 0.05) is 11.1 Å². The van der Waals surface area contributed by atoms with Crippen molar-refractivity contribution in [3.63, 3.8) is 0 Å². The van der Waals surface area contributed by atoms with Gasteiger partial charge in [0.05, 0.1) is 12.3 Å². The lowest BCUT2D eigenvalue weighted by Gasteiger charge is -2.06. The number of para-hydroxylation sites is 1. The molecule has 1 heterocycles. The third-order valence-electron chi connectivity index (χ3n) is 2.41. The molecule has 1 aromatic carbocycles. The van der Waals surface area contributed by atoms with E-state index in [2.05, 4.69) is 5.10 Å². The Balaban J connectivity index is 2.32. The van der Waals surface area contributed by atoms with Gasteiger partial charge < -0.3 is 4.74 Å². The molecule has 0 aliphatic heterocycles. The van der Waals surface area contributed by atoms with Crippen molar-refractivity contribution < 1.29 is 9.53 Å². The molecule has 0 atom stereocenters. The van der Waals surface area contributed by atoms with Crippen molar-refractivity contribution in [1.29, 1.82) is 0 Å². The van der Waals surface area contributed by atoms with Crippen LogP contribution in [0.2, 0.25) is 0 Å². The molecular formula is C13H14N2O2S. The zero-order valence-corrected chi connectivity index (χ0v) is 11.1. The maximum atomic E-state index is 11.5. The van der Waals surface area contributed by atoms with Crippen LogP contribution >= 0.6 is 11.8 Å². The first-order valence-electron chi connectivity index (χ1n) is 5.62. The van der Waals surface area contributed by atoms with Gasteiger partial charge in [0.15, 0.2) is 5.69 Å². The van der Waals surface area contributed by atoms with E-state index in [1.165, 1.54) is 0 Å². The molecular weight excluding hydrogens is 248 g/mol. The van der Waals surface area contributed by atoms with E-state index in [4.69, 9.17) is 4.74 Å². The van der Waals surface area contributed by atoms with Crippen LogP contribution in [0.4, 0.5) is 0 Å². The van der Waals surface area contributed by atoms with Crippen LogP contribution in [0.15, 0.2) is 41.4 Å². The van der Waals surface area contributed by atoms with Gasteiger partial charge in [-0.2, -0.15) is 5.10 Å². The number of benzene rings is 1. The number of nitrogens with zero attached hydrogens (tertiary/aromatic N) is 2.